The molecule has 1 aromatic carbocycles. The smallest absolute Gasteiger partial charge is 0.246 e. The van der Waals surface area contributed by atoms with Gasteiger partial charge in [0.15, 0.2) is 0 Å². The Bertz CT molecular complexity index is 557. The normalized spacial score (nSPS) is 25.1. The number of nitrogens with zero attached hydrogens (tertiary/aromatic N) is 1. The maximum absolute atomic E-state index is 12.0. The van der Waals surface area contributed by atoms with Crippen LogP contribution in [0.25, 0.3) is 0 Å². The number of hydrogen-bond donors (Lipinski definition) is 1. The van der Waals surface area contributed by atoms with E-state index < -0.39 is 0 Å². The monoisotopic (exact) mass is 332 g/mol. The Morgan fingerprint density at radius 2 is 2.04 bits per heavy atom. The molecule has 2 aliphatic rings. The number of likely N-dealkylation sites (tertiary alicyclic amines) is 1. The third-order valence-corrected chi connectivity index (χ3v) is 5.33. The van der Waals surface area contributed by atoms with E-state index in [1.54, 1.807) is 14.2 Å². The Morgan fingerprint density at radius 3 is 2.75 bits per heavy atom. The zero-order chi connectivity index (χ0) is 16.9. The highest BCUT2D eigenvalue weighted by Gasteiger charge is 2.38. The zero-order valence-electron chi connectivity index (χ0n) is 14.7. The number of methoxy groups -OCH3 is 2. The molecule has 24 heavy (non-hydrogen) atoms. The lowest BCUT2D eigenvalue weighted by Crippen LogP contribution is -2.42. The number of carbonyl (C=O) groups excluding carboxylic acids is 1. The van der Waals surface area contributed by atoms with E-state index in [9.17, 15) is 4.79 Å². The van der Waals surface area contributed by atoms with E-state index in [0.29, 0.717) is 12.0 Å². The molecule has 3 rings (SSSR count). The molecule has 0 radical (unpaired) electrons. The molecule has 1 heterocycles. The van der Waals surface area contributed by atoms with Gasteiger partial charge in [-0.25, -0.2) is 0 Å². The Kier molecular flexibility index (Phi) is 5.74. The number of carbonyl (C=O) groups is 1. The van der Waals surface area contributed by atoms with Crippen molar-refractivity contribution in [1.82, 2.24) is 10.2 Å². The average Bonchev–Trinajstić information content (AvgIpc) is 3.24. The van der Waals surface area contributed by atoms with Gasteiger partial charge in [0.1, 0.15) is 12.4 Å². The van der Waals surface area contributed by atoms with Crippen molar-refractivity contribution in [1.29, 1.82) is 0 Å². The first-order valence-corrected chi connectivity index (χ1v) is 8.87. The fraction of sp³-hybridized carbons (Fsp3) is 0.632. The Morgan fingerprint density at radius 1 is 1.25 bits per heavy atom. The van der Waals surface area contributed by atoms with Crippen LogP contribution in [0.5, 0.6) is 5.75 Å². The van der Waals surface area contributed by atoms with Crippen molar-refractivity contribution >= 4 is 5.91 Å². The highest BCUT2D eigenvalue weighted by molar-refractivity contribution is 5.77. The van der Waals surface area contributed by atoms with E-state index in [2.05, 4.69) is 22.3 Å². The van der Waals surface area contributed by atoms with Gasteiger partial charge < -0.3 is 14.8 Å². The van der Waals surface area contributed by atoms with Gasteiger partial charge >= 0.3 is 0 Å². The summed E-state index contributed by atoms with van der Waals surface area (Å²) in [6.45, 7) is 2.03. The first-order chi connectivity index (χ1) is 11.7. The molecule has 0 unspecified atom stereocenters. The van der Waals surface area contributed by atoms with Gasteiger partial charge in [-0.05, 0) is 30.5 Å². The highest BCUT2D eigenvalue weighted by Crippen LogP contribution is 2.34. The van der Waals surface area contributed by atoms with Crippen molar-refractivity contribution in [3.05, 3.63) is 29.8 Å². The summed E-state index contributed by atoms with van der Waals surface area (Å²) >= 11 is 0. The van der Waals surface area contributed by atoms with Crippen LogP contribution in [0.4, 0.5) is 0 Å². The SMILES string of the molecule is COCC(=O)N[C@H]1CN(C2CCCC2)C[C@@H]1c1cccc(OC)c1. The molecule has 1 N–H and O–H groups in total. The third-order valence-electron chi connectivity index (χ3n) is 5.33. The van der Waals surface area contributed by atoms with Gasteiger partial charge in [-0.1, -0.05) is 25.0 Å². The van der Waals surface area contributed by atoms with Crippen LogP contribution in [-0.2, 0) is 9.53 Å². The van der Waals surface area contributed by atoms with Crippen molar-refractivity contribution in [3.63, 3.8) is 0 Å². The van der Waals surface area contributed by atoms with E-state index in [1.165, 1.54) is 31.2 Å². The molecule has 1 aliphatic heterocycles. The van der Waals surface area contributed by atoms with Crippen LogP contribution < -0.4 is 10.1 Å². The van der Waals surface area contributed by atoms with Gasteiger partial charge in [-0.15, -0.1) is 0 Å². The number of ether oxygens (including phenoxy) is 2. The Balaban J connectivity index is 1.77. The summed E-state index contributed by atoms with van der Waals surface area (Å²) in [6, 6.07) is 9.02. The molecule has 1 amide bonds. The molecule has 2 fully saturated rings. The molecule has 132 valence electrons. The maximum atomic E-state index is 12.0. The summed E-state index contributed by atoms with van der Waals surface area (Å²) in [5.74, 6) is 1.12. The molecule has 5 heteroatoms. The second kappa shape index (κ2) is 7.99. The lowest BCUT2D eigenvalue weighted by molar-refractivity contribution is -0.125. The van der Waals surface area contributed by atoms with Gasteiger partial charge in [0, 0.05) is 38.2 Å². The minimum absolute atomic E-state index is 0.0383. The van der Waals surface area contributed by atoms with Gasteiger partial charge in [-0.2, -0.15) is 0 Å². The first-order valence-electron chi connectivity index (χ1n) is 8.87. The van der Waals surface area contributed by atoms with Gasteiger partial charge in [-0.3, -0.25) is 9.69 Å². The van der Waals surface area contributed by atoms with Gasteiger partial charge in [0.2, 0.25) is 5.91 Å². The molecule has 1 aromatic rings. The van der Waals surface area contributed by atoms with Crippen molar-refractivity contribution in [2.45, 2.75) is 43.7 Å². The van der Waals surface area contributed by atoms with Crippen LogP contribution >= 0.6 is 0 Å². The molecule has 1 saturated carbocycles. The standard InChI is InChI=1S/C19H28N2O3/c1-23-13-19(22)20-18-12-21(15-7-3-4-8-15)11-17(18)14-6-5-9-16(10-14)24-2/h5-6,9-10,15,17-18H,3-4,7-8,11-13H2,1-2H3,(H,20,22)/t17-,18+/m1/s1. The molecule has 0 bridgehead atoms. The van der Waals surface area contributed by atoms with Crippen molar-refractivity contribution < 1.29 is 14.3 Å². The molecular weight excluding hydrogens is 304 g/mol. The lowest BCUT2D eigenvalue weighted by Gasteiger charge is -2.23. The molecule has 0 spiro atoms. The van der Waals surface area contributed by atoms with Crippen LogP contribution in [-0.4, -0.2) is 56.8 Å². The van der Waals surface area contributed by atoms with Gasteiger partial charge in [0.05, 0.1) is 7.11 Å². The molecule has 1 saturated heterocycles. The third kappa shape index (κ3) is 3.90. The maximum Gasteiger partial charge on any atom is 0.246 e. The van der Waals surface area contributed by atoms with Crippen molar-refractivity contribution in [2.75, 3.05) is 33.9 Å². The summed E-state index contributed by atoms with van der Waals surface area (Å²) in [4.78, 5) is 14.6. The fourth-order valence-corrected chi connectivity index (χ4v) is 4.14. The van der Waals surface area contributed by atoms with E-state index >= 15 is 0 Å². The highest BCUT2D eigenvalue weighted by atomic mass is 16.5. The average molecular weight is 332 g/mol. The molecule has 1 aliphatic carbocycles. The summed E-state index contributed by atoms with van der Waals surface area (Å²) in [5.41, 5.74) is 1.23. The van der Waals surface area contributed by atoms with Gasteiger partial charge in [0.25, 0.3) is 0 Å². The molecule has 2 atom stereocenters. The van der Waals surface area contributed by atoms with Crippen molar-refractivity contribution in [2.24, 2.45) is 0 Å². The van der Waals surface area contributed by atoms with Crippen LogP contribution in [0.2, 0.25) is 0 Å². The Labute approximate surface area is 144 Å². The van der Waals surface area contributed by atoms with E-state index in [4.69, 9.17) is 9.47 Å². The summed E-state index contributed by atoms with van der Waals surface area (Å²) < 4.78 is 10.3. The van der Waals surface area contributed by atoms with Crippen LogP contribution in [0.15, 0.2) is 24.3 Å². The van der Waals surface area contributed by atoms with Crippen molar-refractivity contribution in [3.8, 4) is 5.75 Å². The fourth-order valence-electron chi connectivity index (χ4n) is 4.14. The summed E-state index contributed by atoms with van der Waals surface area (Å²) in [6.07, 6.45) is 5.21. The van der Waals surface area contributed by atoms with Crippen LogP contribution in [0.3, 0.4) is 0 Å². The second-order valence-corrected chi connectivity index (χ2v) is 6.88. The molecule has 0 aromatic heterocycles. The largest absolute Gasteiger partial charge is 0.497 e. The Hall–Kier alpha value is -1.59. The topological polar surface area (TPSA) is 50.8 Å². The predicted octanol–water partition coefficient (Wildman–Crippen LogP) is 2.17. The number of benzene rings is 1. The van der Waals surface area contributed by atoms with Crippen LogP contribution in [0.1, 0.15) is 37.2 Å². The summed E-state index contributed by atoms with van der Waals surface area (Å²) in [7, 11) is 3.25. The number of amides is 1. The van der Waals surface area contributed by atoms with E-state index in [-0.39, 0.29) is 18.6 Å². The number of hydrogen-bond acceptors (Lipinski definition) is 4. The zero-order valence-corrected chi connectivity index (χ0v) is 14.7. The first kappa shape index (κ1) is 17.2. The minimum Gasteiger partial charge on any atom is -0.497 e. The van der Waals surface area contributed by atoms with Crippen LogP contribution in [0, 0.1) is 0 Å². The van der Waals surface area contributed by atoms with E-state index in [1.807, 2.05) is 12.1 Å². The summed E-state index contributed by atoms with van der Waals surface area (Å²) in [5, 5.41) is 3.17. The minimum atomic E-state index is -0.0383. The van der Waals surface area contributed by atoms with E-state index in [0.717, 1.165) is 18.8 Å². The lowest BCUT2D eigenvalue weighted by atomic mass is 9.94. The number of rotatable bonds is 6. The quantitative estimate of drug-likeness (QED) is 0.867. The molecular formula is C19H28N2O3. The predicted molar refractivity (Wildman–Crippen MR) is 93.4 cm³/mol. The number of nitrogens with one attached hydrogen (secondary N) is 1. The molecule has 5 nitrogen and oxygen atoms in total. The second-order valence-electron chi connectivity index (χ2n) is 6.88.